The smallest absolute Gasteiger partial charge is 0.331 e. The predicted molar refractivity (Wildman–Crippen MR) is 78.2 cm³/mol. The van der Waals surface area contributed by atoms with E-state index in [-0.39, 0.29) is 5.69 Å². The highest BCUT2D eigenvalue weighted by Crippen LogP contribution is 2.19. The summed E-state index contributed by atoms with van der Waals surface area (Å²) in [4.78, 5) is 19.4. The Bertz CT molecular complexity index is 990. The molecule has 0 saturated carbocycles. The lowest BCUT2D eigenvalue weighted by Crippen LogP contribution is -2.14. The molecule has 98 valence electrons. The molecule has 0 saturated heterocycles. The Balaban J connectivity index is 2.05. The van der Waals surface area contributed by atoms with Crippen molar-refractivity contribution in [3.05, 3.63) is 59.3 Å². The third kappa shape index (κ3) is 1.43. The van der Waals surface area contributed by atoms with Gasteiger partial charge in [0.2, 0.25) is 0 Å². The first kappa shape index (κ1) is 11.0. The minimum atomic E-state index is -0.138. The summed E-state index contributed by atoms with van der Waals surface area (Å²) >= 11 is 0. The summed E-state index contributed by atoms with van der Waals surface area (Å²) in [5.41, 5.74) is 4.30. The second-order valence-corrected chi connectivity index (χ2v) is 4.81. The Kier molecular flexibility index (Phi) is 2.12. The zero-order valence-corrected chi connectivity index (χ0v) is 10.9. The number of benzene rings is 2. The average Bonchev–Trinajstić information content (AvgIpc) is 2.98. The van der Waals surface area contributed by atoms with Gasteiger partial charge in [-0.2, -0.15) is 0 Å². The zero-order chi connectivity index (χ0) is 13.7. The normalized spacial score (nSPS) is 11.4. The van der Waals surface area contributed by atoms with Crippen molar-refractivity contribution in [1.29, 1.82) is 0 Å². The Labute approximate surface area is 114 Å². The molecule has 0 bridgehead atoms. The van der Waals surface area contributed by atoms with Gasteiger partial charge in [0, 0.05) is 7.05 Å². The molecule has 0 fully saturated rings. The number of para-hydroxylation sites is 2. The fraction of sp³-hybridized carbons (Fsp3) is 0.0667. The van der Waals surface area contributed by atoms with Crippen molar-refractivity contribution in [3.63, 3.8) is 0 Å². The number of H-pyrrole nitrogens is 1. The van der Waals surface area contributed by atoms with Crippen molar-refractivity contribution in [2.45, 2.75) is 0 Å². The van der Waals surface area contributed by atoms with Crippen molar-refractivity contribution < 1.29 is 0 Å². The zero-order valence-electron chi connectivity index (χ0n) is 10.9. The molecule has 2 heterocycles. The van der Waals surface area contributed by atoms with E-state index in [2.05, 4.69) is 9.97 Å². The summed E-state index contributed by atoms with van der Waals surface area (Å²) in [5.74, 6) is 0. The quantitative estimate of drug-likeness (QED) is 0.573. The van der Waals surface area contributed by atoms with Gasteiger partial charge in [0.05, 0.1) is 34.1 Å². The number of nitrogens with one attached hydrogen (secondary N) is 1. The molecule has 0 radical (unpaired) electrons. The van der Waals surface area contributed by atoms with Crippen LogP contribution in [0, 0.1) is 0 Å². The molecule has 2 aromatic heterocycles. The topological polar surface area (TPSA) is 55.6 Å². The lowest BCUT2D eigenvalue weighted by molar-refractivity contribution is 0.947. The van der Waals surface area contributed by atoms with Crippen LogP contribution in [0.2, 0.25) is 0 Å². The van der Waals surface area contributed by atoms with E-state index in [1.54, 1.807) is 10.9 Å². The number of fused-ring (bicyclic) bond motifs is 2. The second kappa shape index (κ2) is 3.84. The van der Waals surface area contributed by atoms with Crippen molar-refractivity contribution in [3.8, 4) is 5.69 Å². The summed E-state index contributed by atoms with van der Waals surface area (Å²) in [6, 6.07) is 13.5. The molecule has 0 aliphatic carbocycles. The summed E-state index contributed by atoms with van der Waals surface area (Å²) < 4.78 is 3.63. The predicted octanol–water partition coefficient (Wildman–Crippen LogP) is 2.21. The number of hydrogen-bond donors (Lipinski definition) is 1. The minimum Gasteiger partial charge on any atom is -0.334 e. The van der Waals surface area contributed by atoms with E-state index in [0.29, 0.717) is 0 Å². The Hall–Kier alpha value is -2.82. The van der Waals surface area contributed by atoms with Crippen LogP contribution in [0.25, 0.3) is 27.8 Å². The highest BCUT2D eigenvalue weighted by molar-refractivity contribution is 5.81. The number of nitrogens with zero attached hydrogens (tertiary/aromatic N) is 3. The standard InChI is InChI=1S/C15H12N4O/c1-18-9-16-12-8-10(6-7-13(12)18)19-14-5-3-2-4-11(14)17-15(19)20/h2-9H,1H3,(H,17,20). The fourth-order valence-corrected chi connectivity index (χ4v) is 2.57. The summed E-state index contributed by atoms with van der Waals surface area (Å²) in [5, 5.41) is 0. The first-order valence-corrected chi connectivity index (χ1v) is 6.35. The average molecular weight is 264 g/mol. The largest absolute Gasteiger partial charge is 0.334 e. The van der Waals surface area contributed by atoms with Crippen molar-refractivity contribution >= 4 is 22.1 Å². The van der Waals surface area contributed by atoms with E-state index in [4.69, 9.17) is 0 Å². The van der Waals surface area contributed by atoms with Gasteiger partial charge in [0.1, 0.15) is 0 Å². The van der Waals surface area contributed by atoms with Crippen molar-refractivity contribution in [2.24, 2.45) is 7.05 Å². The third-order valence-corrected chi connectivity index (χ3v) is 3.56. The molecule has 5 nitrogen and oxygen atoms in total. The molecule has 0 unspecified atom stereocenters. The maximum absolute atomic E-state index is 12.2. The van der Waals surface area contributed by atoms with Crippen LogP contribution in [0.5, 0.6) is 0 Å². The molecule has 4 rings (SSSR count). The van der Waals surface area contributed by atoms with Gasteiger partial charge in [-0.3, -0.25) is 4.57 Å². The number of aryl methyl sites for hydroxylation is 1. The molecule has 20 heavy (non-hydrogen) atoms. The fourth-order valence-electron chi connectivity index (χ4n) is 2.57. The highest BCUT2D eigenvalue weighted by Gasteiger charge is 2.09. The molecular weight excluding hydrogens is 252 g/mol. The third-order valence-electron chi connectivity index (χ3n) is 3.56. The van der Waals surface area contributed by atoms with E-state index in [0.717, 1.165) is 27.8 Å². The minimum absolute atomic E-state index is 0.138. The van der Waals surface area contributed by atoms with Crippen molar-refractivity contribution in [1.82, 2.24) is 19.1 Å². The number of hydrogen-bond acceptors (Lipinski definition) is 2. The highest BCUT2D eigenvalue weighted by atomic mass is 16.1. The van der Waals surface area contributed by atoms with Gasteiger partial charge in [-0.25, -0.2) is 9.78 Å². The van der Waals surface area contributed by atoms with Gasteiger partial charge in [0.15, 0.2) is 0 Å². The van der Waals surface area contributed by atoms with Gasteiger partial charge >= 0.3 is 5.69 Å². The molecule has 2 aromatic carbocycles. The molecule has 0 amide bonds. The van der Waals surface area contributed by atoms with E-state index >= 15 is 0 Å². The van der Waals surface area contributed by atoms with Gasteiger partial charge in [0.25, 0.3) is 0 Å². The number of rotatable bonds is 1. The SMILES string of the molecule is Cn1cnc2cc(-n3c(=O)[nH]c4ccccc43)ccc21. The van der Waals surface area contributed by atoms with Crippen LogP contribution >= 0.6 is 0 Å². The summed E-state index contributed by atoms with van der Waals surface area (Å²) in [6.07, 6.45) is 1.77. The molecule has 1 N–H and O–H groups in total. The Morgan fingerprint density at radius 2 is 1.95 bits per heavy atom. The van der Waals surface area contributed by atoms with Gasteiger partial charge in [-0.15, -0.1) is 0 Å². The lowest BCUT2D eigenvalue weighted by Gasteiger charge is -2.03. The lowest BCUT2D eigenvalue weighted by atomic mass is 10.2. The molecule has 4 aromatic rings. The van der Waals surface area contributed by atoms with E-state index < -0.39 is 0 Å². The molecular formula is C15H12N4O. The van der Waals surface area contributed by atoms with Crippen LogP contribution in [0.1, 0.15) is 0 Å². The monoisotopic (exact) mass is 264 g/mol. The van der Waals surface area contributed by atoms with E-state index in [1.807, 2.05) is 54.1 Å². The van der Waals surface area contributed by atoms with E-state index in [1.165, 1.54) is 0 Å². The number of imidazole rings is 2. The maximum Gasteiger partial charge on any atom is 0.331 e. The van der Waals surface area contributed by atoms with Crippen LogP contribution in [0.4, 0.5) is 0 Å². The number of aromatic nitrogens is 4. The van der Waals surface area contributed by atoms with Gasteiger partial charge in [-0.1, -0.05) is 12.1 Å². The molecule has 0 spiro atoms. The van der Waals surface area contributed by atoms with Crippen LogP contribution in [-0.2, 0) is 7.05 Å². The first-order chi connectivity index (χ1) is 9.74. The molecule has 0 aliphatic rings. The second-order valence-electron chi connectivity index (χ2n) is 4.81. The molecule has 0 aliphatic heterocycles. The van der Waals surface area contributed by atoms with Crippen LogP contribution in [0.15, 0.2) is 53.6 Å². The Morgan fingerprint density at radius 3 is 2.85 bits per heavy atom. The van der Waals surface area contributed by atoms with Crippen LogP contribution in [0.3, 0.4) is 0 Å². The van der Waals surface area contributed by atoms with Crippen molar-refractivity contribution in [2.75, 3.05) is 0 Å². The van der Waals surface area contributed by atoms with Gasteiger partial charge < -0.3 is 9.55 Å². The van der Waals surface area contributed by atoms with Gasteiger partial charge in [-0.05, 0) is 30.3 Å². The molecule has 5 heteroatoms. The van der Waals surface area contributed by atoms with Crippen LogP contribution < -0.4 is 5.69 Å². The molecule has 0 atom stereocenters. The maximum atomic E-state index is 12.2. The Morgan fingerprint density at radius 1 is 1.10 bits per heavy atom. The summed E-state index contributed by atoms with van der Waals surface area (Å²) in [6.45, 7) is 0. The number of aromatic amines is 1. The van der Waals surface area contributed by atoms with E-state index in [9.17, 15) is 4.79 Å². The summed E-state index contributed by atoms with van der Waals surface area (Å²) in [7, 11) is 1.95. The van der Waals surface area contributed by atoms with Crippen LogP contribution in [-0.4, -0.2) is 19.1 Å². The first-order valence-electron chi connectivity index (χ1n) is 6.35.